The number of hydrogen-bond acceptors (Lipinski definition) is 4. The smallest absolute Gasteiger partial charge is 0.122 e. The number of para-hydroxylation sites is 1. The van der Waals surface area contributed by atoms with Crippen LogP contribution in [0.25, 0.3) is 0 Å². The normalized spacial score (nSPS) is 10.0. The van der Waals surface area contributed by atoms with Crippen LogP contribution in [0.15, 0.2) is 47.1 Å². The Morgan fingerprint density at radius 1 is 1.25 bits per heavy atom. The molecule has 0 spiro atoms. The van der Waals surface area contributed by atoms with Gasteiger partial charge in [-0.2, -0.15) is 0 Å². The van der Waals surface area contributed by atoms with Crippen molar-refractivity contribution in [3.63, 3.8) is 0 Å². The predicted octanol–water partition coefficient (Wildman–Crippen LogP) is 1.26. The molecule has 0 atom stereocenters. The van der Waals surface area contributed by atoms with Gasteiger partial charge in [0.1, 0.15) is 5.76 Å². The summed E-state index contributed by atoms with van der Waals surface area (Å²) in [4.78, 5) is 10.8. The van der Waals surface area contributed by atoms with Crippen molar-refractivity contribution in [1.29, 1.82) is 0 Å². The summed E-state index contributed by atoms with van der Waals surface area (Å²) >= 11 is 0. The standard InChI is InChI=1S/C12H11NO3/c14-12(15)10-5-1-2-6-11(10)13-8-9-4-3-7-16-9/h1-7,13H,8H2,(H,14,15)/p-1. The van der Waals surface area contributed by atoms with Crippen molar-refractivity contribution in [1.82, 2.24) is 0 Å². The molecule has 0 saturated carbocycles. The van der Waals surface area contributed by atoms with Gasteiger partial charge in [-0.15, -0.1) is 0 Å². The summed E-state index contributed by atoms with van der Waals surface area (Å²) in [7, 11) is 0. The number of aromatic carboxylic acids is 1. The molecule has 0 fully saturated rings. The Morgan fingerprint density at radius 2 is 2.06 bits per heavy atom. The van der Waals surface area contributed by atoms with Crippen LogP contribution in [0.4, 0.5) is 5.69 Å². The van der Waals surface area contributed by atoms with Crippen molar-refractivity contribution in [3.05, 3.63) is 54.0 Å². The van der Waals surface area contributed by atoms with E-state index in [1.165, 1.54) is 6.07 Å². The van der Waals surface area contributed by atoms with Crippen LogP contribution in [-0.2, 0) is 6.54 Å². The molecule has 0 aliphatic carbocycles. The topological polar surface area (TPSA) is 65.3 Å². The van der Waals surface area contributed by atoms with Crippen LogP contribution in [-0.4, -0.2) is 5.97 Å². The molecule has 0 saturated heterocycles. The second kappa shape index (κ2) is 4.53. The van der Waals surface area contributed by atoms with E-state index in [4.69, 9.17) is 4.42 Å². The molecule has 0 amide bonds. The second-order valence-electron chi connectivity index (χ2n) is 3.27. The maximum Gasteiger partial charge on any atom is 0.122 e. The van der Waals surface area contributed by atoms with Crippen LogP contribution in [0.1, 0.15) is 16.1 Å². The lowest BCUT2D eigenvalue weighted by Crippen LogP contribution is -2.23. The van der Waals surface area contributed by atoms with Crippen molar-refractivity contribution in [3.8, 4) is 0 Å². The summed E-state index contributed by atoms with van der Waals surface area (Å²) < 4.78 is 5.13. The molecule has 82 valence electrons. The summed E-state index contributed by atoms with van der Waals surface area (Å²) in [5.41, 5.74) is 0.674. The minimum atomic E-state index is -1.19. The molecule has 0 bridgehead atoms. The number of carbonyl (C=O) groups is 1. The largest absolute Gasteiger partial charge is 0.545 e. The minimum absolute atomic E-state index is 0.147. The van der Waals surface area contributed by atoms with E-state index in [0.717, 1.165) is 5.76 Å². The highest BCUT2D eigenvalue weighted by atomic mass is 16.4. The Balaban J connectivity index is 2.12. The van der Waals surface area contributed by atoms with E-state index in [1.54, 1.807) is 30.5 Å². The highest BCUT2D eigenvalue weighted by Gasteiger charge is 2.02. The van der Waals surface area contributed by atoms with Crippen molar-refractivity contribution < 1.29 is 14.3 Å². The fourth-order valence-electron chi connectivity index (χ4n) is 1.41. The molecule has 4 heteroatoms. The lowest BCUT2D eigenvalue weighted by Gasteiger charge is -2.11. The first-order valence-corrected chi connectivity index (χ1v) is 4.84. The van der Waals surface area contributed by atoms with Crippen molar-refractivity contribution in [2.75, 3.05) is 5.32 Å². The Kier molecular flexibility index (Phi) is 2.91. The molecule has 2 aromatic rings. The molecule has 0 aliphatic heterocycles. The number of benzene rings is 1. The molecule has 1 aromatic carbocycles. The number of anilines is 1. The van der Waals surface area contributed by atoms with Gasteiger partial charge < -0.3 is 19.6 Å². The molecule has 0 aliphatic rings. The van der Waals surface area contributed by atoms with E-state index >= 15 is 0 Å². The van der Waals surface area contributed by atoms with Gasteiger partial charge in [0.05, 0.1) is 18.8 Å². The van der Waals surface area contributed by atoms with E-state index in [2.05, 4.69) is 5.32 Å². The third kappa shape index (κ3) is 2.23. The first-order chi connectivity index (χ1) is 7.77. The second-order valence-corrected chi connectivity index (χ2v) is 3.27. The lowest BCUT2D eigenvalue weighted by atomic mass is 10.2. The van der Waals surface area contributed by atoms with Crippen molar-refractivity contribution >= 4 is 11.7 Å². The molecule has 1 heterocycles. The van der Waals surface area contributed by atoms with E-state index in [1.807, 2.05) is 6.07 Å². The quantitative estimate of drug-likeness (QED) is 0.835. The first-order valence-electron chi connectivity index (χ1n) is 4.84. The molecular formula is C12H10NO3-. The Bertz CT molecular complexity index is 477. The van der Waals surface area contributed by atoms with Gasteiger partial charge in [0.15, 0.2) is 0 Å². The Hall–Kier alpha value is -2.23. The van der Waals surface area contributed by atoms with E-state index < -0.39 is 5.97 Å². The molecule has 0 radical (unpaired) electrons. The monoisotopic (exact) mass is 216 g/mol. The van der Waals surface area contributed by atoms with E-state index in [-0.39, 0.29) is 5.56 Å². The van der Waals surface area contributed by atoms with Gasteiger partial charge in [0.25, 0.3) is 0 Å². The Labute approximate surface area is 92.5 Å². The van der Waals surface area contributed by atoms with Gasteiger partial charge >= 0.3 is 0 Å². The number of hydrogen-bond donors (Lipinski definition) is 1. The number of rotatable bonds is 4. The molecular weight excluding hydrogens is 206 g/mol. The average Bonchev–Trinajstić information content (AvgIpc) is 2.79. The number of carbonyl (C=O) groups excluding carboxylic acids is 1. The summed E-state index contributed by atoms with van der Waals surface area (Å²) in [6.07, 6.45) is 1.57. The summed E-state index contributed by atoms with van der Waals surface area (Å²) in [6.45, 7) is 0.442. The third-order valence-corrected chi connectivity index (χ3v) is 2.18. The van der Waals surface area contributed by atoms with E-state index in [0.29, 0.717) is 12.2 Å². The zero-order chi connectivity index (χ0) is 11.4. The van der Waals surface area contributed by atoms with Crippen LogP contribution in [0, 0.1) is 0 Å². The molecule has 4 nitrogen and oxygen atoms in total. The molecule has 0 unspecified atom stereocenters. The number of carboxylic acid groups (broad SMARTS) is 1. The van der Waals surface area contributed by atoms with Gasteiger partial charge in [-0.3, -0.25) is 0 Å². The number of nitrogens with one attached hydrogen (secondary N) is 1. The van der Waals surface area contributed by atoms with Crippen LogP contribution in [0.2, 0.25) is 0 Å². The van der Waals surface area contributed by atoms with Gasteiger partial charge in [0, 0.05) is 11.3 Å². The van der Waals surface area contributed by atoms with Crippen molar-refractivity contribution in [2.24, 2.45) is 0 Å². The zero-order valence-corrected chi connectivity index (χ0v) is 8.47. The van der Waals surface area contributed by atoms with Gasteiger partial charge in [-0.25, -0.2) is 0 Å². The maximum atomic E-state index is 10.8. The predicted molar refractivity (Wildman–Crippen MR) is 56.8 cm³/mol. The van der Waals surface area contributed by atoms with Crippen LogP contribution < -0.4 is 10.4 Å². The molecule has 1 N–H and O–H groups in total. The number of carboxylic acids is 1. The highest BCUT2D eigenvalue weighted by Crippen LogP contribution is 2.15. The zero-order valence-electron chi connectivity index (χ0n) is 8.47. The van der Waals surface area contributed by atoms with E-state index in [9.17, 15) is 9.90 Å². The van der Waals surface area contributed by atoms with Gasteiger partial charge in [-0.1, -0.05) is 18.2 Å². The fraction of sp³-hybridized carbons (Fsp3) is 0.0833. The molecule has 2 rings (SSSR count). The van der Waals surface area contributed by atoms with Crippen LogP contribution in [0.5, 0.6) is 0 Å². The summed E-state index contributed by atoms with van der Waals surface area (Å²) in [6, 6.07) is 10.2. The third-order valence-electron chi connectivity index (χ3n) is 2.18. The average molecular weight is 216 g/mol. The molecule has 1 aromatic heterocycles. The SMILES string of the molecule is O=C([O-])c1ccccc1NCc1ccco1. The highest BCUT2D eigenvalue weighted by molar-refractivity contribution is 5.92. The maximum absolute atomic E-state index is 10.8. The lowest BCUT2D eigenvalue weighted by molar-refractivity contribution is -0.254. The molecule has 16 heavy (non-hydrogen) atoms. The van der Waals surface area contributed by atoms with Gasteiger partial charge in [-0.05, 0) is 18.2 Å². The minimum Gasteiger partial charge on any atom is -0.545 e. The summed E-state index contributed by atoms with van der Waals surface area (Å²) in [5, 5.41) is 13.8. The summed E-state index contributed by atoms with van der Waals surface area (Å²) in [5.74, 6) is -0.448. The Morgan fingerprint density at radius 3 is 2.75 bits per heavy atom. The van der Waals surface area contributed by atoms with Crippen molar-refractivity contribution in [2.45, 2.75) is 6.54 Å². The van der Waals surface area contributed by atoms with Crippen LogP contribution in [0.3, 0.4) is 0 Å². The first kappa shape index (κ1) is 10.3. The van der Waals surface area contributed by atoms with Crippen LogP contribution >= 0.6 is 0 Å². The number of furan rings is 1. The van der Waals surface area contributed by atoms with Gasteiger partial charge in [0.2, 0.25) is 0 Å². The fourth-order valence-corrected chi connectivity index (χ4v) is 1.41.